The molecule has 1 aliphatic rings. The van der Waals surface area contributed by atoms with Gasteiger partial charge in [-0.15, -0.1) is 0 Å². The molecular formula is C26H24FN7O2. The standard InChI is InChI=1S/C16H15N5.C10H9FN2O2/c1-11-6-18-21(7-11)10-15-9-20-8-14(12-2-3-12)4-13(5-17)16(20)19-15;1-15-9-3-2-7(4-12)8(10(9)11)5-13-6-14/h4,6-9,12H,2-3,10H2,1H3;2-3,6H,5H2,1H3,(H,13,14). The SMILES string of the molecule is COc1ccc(C#N)c(CNC=O)c1F.Cc1cnn(Cc2cn3cc(C4CC4)cc(C#N)c3n2)c1. The van der Waals surface area contributed by atoms with Crippen LogP contribution in [0.2, 0.25) is 0 Å². The highest BCUT2D eigenvalue weighted by Gasteiger charge is 2.25. The van der Waals surface area contributed by atoms with E-state index in [1.54, 1.807) is 0 Å². The van der Waals surface area contributed by atoms with E-state index < -0.39 is 5.82 Å². The molecule has 1 aromatic carbocycles. The molecule has 0 saturated heterocycles. The maximum Gasteiger partial charge on any atom is 0.207 e. The highest BCUT2D eigenvalue weighted by atomic mass is 19.1. The molecule has 3 aromatic heterocycles. The molecule has 0 radical (unpaired) electrons. The number of aromatic nitrogens is 4. The van der Waals surface area contributed by atoms with Crippen LogP contribution in [0.3, 0.4) is 0 Å². The van der Waals surface area contributed by atoms with Crippen molar-refractivity contribution in [2.24, 2.45) is 0 Å². The average molecular weight is 486 g/mol. The van der Waals surface area contributed by atoms with E-state index in [1.165, 1.54) is 37.6 Å². The van der Waals surface area contributed by atoms with E-state index in [9.17, 15) is 14.4 Å². The van der Waals surface area contributed by atoms with Gasteiger partial charge < -0.3 is 14.5 Å². The summed E-state index contributed by atoms with van der Waals surface area (Å²) >= 11 is 0. The average Bonchev–Trinajstić information content (AvgIpc) is 3.54. The number of ether oxygens (including phenoxy) is 1. The number of nitriles is 2. The minimum absolute atomic E-state index is 0.0323. The second-order valence-electron chi connectivity index (χ2n) is 8.47. The van der Waals surface area contributed by atoms with E-state index in [-0.39, 0.29) is 23.4 Å². The zero-order valence-electron chi connectivity index (χ0n) is 19.9. The number of amides is 1. The molecule has 3 heterocycles. The molecule has 36 heavy (non-hydrogen) atoms. The van der Waals surface area contributed by atoms with Crippen LogP contribution in [-0.4, -0.2) is 32.7 Å². The third kappa shape index (κ3) is 5.34. The van der Waals surface area contributed by atoms with Crippen LogP contribution >= 0.6 is 0 Å². The number of halogens is 1. The van der Waals surface area contributed by atoms with E-state index in [2.05, 4.69) is 27.7 Å². The summed E-state index contributed by atoms with van der Waals surface area (Å²) in [6.07, 6.45) is 10.8. The number of nitrogens with zero attached hydrogens (tertiary/aromatic N) is 6. The molecule has 1 N–H and O–H groups in total. The van der Waals surface area contributed by atoms with Gasteiger partial charge in [-0.2, -0.15) is 15.6 Å². The number of imidazole rings is 1. The topological polar surface area (TPSA) is 121 Å². The van der Waals surface area contributed by atoms with E-state index in [0.717, 1.165) is 16.9 Å². The van der Waals surface area contributed by atoms with Crippen molar-refractivity contribution in [2.45, 2.75) is 38.8 Å². The summed E-state index contributed by atoms with van der Waals surface area (Å²) < 4.78 is 22.2. The number of carbonyl (C=O) groups is 1. The van der Waals surface area contributed by atoms with Crippen molar-refractivity contribution in [3.63, 3.8) is 0 Å². The van der Waals surface area contributed by atoms with Gasteiger partial charge in [0.25, 0.3) is 0 Å². The number of benzene rings is 1. The Morgan fingerprint density at radius 3 is 2.61 bits per heavy atom. The van der Waals surface area contributed by atoms with Gasteiger partial charge in [-0.05, 0) is 55.0 Å². The summed E-state index contributed by atoms with van der Waals surface area (Å²) in [6, 6.07) is 8.92. The lowest BCUT2D eigenvalue weighted by molar-refractivity contribution is -0.109. The largest absolute Gasteiger partial charge is 0.494 e. The van der Waals surface area contributed by atoms with Gasteiger partial charge in [-0.25, -0.2) is 9.37 Å². The van der Waals surface area contributed by atoms with Crippen LogP contribution in [0.25, 0.3) is 5.65 Å². The van der Waals surface area contributed by atoms with Crippen molar-refractivity contribution in [1.29, 1.82) is 10.5 Å². The predicted molar refractivity (Wildman–Crippen MR) is 129 cm³/mol. The minimum atomic E-state index is -0.620. The van der Waals surface area contributed by atoms with Gasteiger partial charge >= 0.3 is 0 Å². The monoisotopic (exact) mass is 485 g/mol. The summed E-state index contributed by atoms with van der Waals surface area (Å²) in [5.74, 6) is 0.0590. The van der Waals surface area contributed by atoms with Crippen LogP contribution in [0.5, 0.6) is 5.75 Å². The van der Waals surface area contributed by atoms with Crippen LogP contribution in [0, 0.1) is 35.4 Å². The summed E-state index contributed by atoms with van der Waals surface area (Å²) in [5, 5.41) is 24.7. The first kappa shape index (κ1) is 24.4. The summed E-state index contributed by atoms with van der Waals surface area (Å²) in [7, 11) is 1.33. The first-order chi connectivity index (χ1) is 17.5. The maximum atomic E-state index is 13.6. The zero-order chi connectivity index (χ0) is 25.7. The van der Waals surface area contributed by atoms with Crippen LogP contribution in [0.1, 0.15) is 52.3 Å². The molecular weight excluding hydrogens is 461 g/mol. The lowest BCUT2D eigenvalue weighted by Gasteiger charge is -2.08. The molecule has 1 aliphatic carbocycles. The Bertz CT molecular complexity index is 1490. The van der Waals surface area contributed by atoms with Gasteiger partial charge in [0.1, 0.15) is 6.07 Å². The molecule has 1 amide bonds. The lowest BCUT2D eigenvalue weighted by Crippen LogP contribution is -2.13. The maximum absolute atomic E-state index is 13.6. The number of rotatable bonds is 7. The molecule has 0 aliphatic heterocycles. The van der Waals surface area contributed by atoms with Gasteiger partial charge in [0.15, 0.2) is 17.2 Å². The van der Waals surface area contributed by atoms with Crippen molar-refractivity contribution < 1.29 is 13.9 Å². The summed E-state index contributed by atoms with van der Waals surface area (Å²) in [4.78, 5) is 14.7. The van der Waals surface area contributed by atoms with Gasteiger partial charge in [0.2, 0.25) is 6.41 Å². The Morgan fingerprint density at radius 1 is 1.22 bits per heavy atom. The number of hydrogen-bond acceptors (Lipinski definition) is 6. The van der Waals surface area contributed by atoms with E-state index in [4.69, 9.17) is 10.00 Å². The molecule has 0 bridgehead atoms. The Hall–Kier alpha value is -4.70. The van der Waals surface area contributed by atoms with Gasteiger partial charge in [-0.3, -0.25) is 9.48 Å². The lowest BCUT2D eigenvalue weighted by atomic mass is 10.1. The molecule has 5 rings (SSSR count). The molecule has 182 valence electrons. The Balaban J connectivity index is 0.000000181. The van der Waals surface area contributed by atoms with Crippen molar-refractivity contribution in [3.05, 3.63) is 82.3 Å². The van der Waals surface area contributed by atoms with Crippen molar-refractivity contribution in [2.75, 3.05) is 7.11 Å². The van der Waals surface area contributed by atoms with E-state index in [0.29, 0.717) is 24.4 Å². The van der Waals surface area contributed by atoms with E-state index >= 15 is 0 Å². The second kappa shape index (κ2) is 10.7. The number of aryl methyl sites for hydroxylation is 1. The van der Waals surface area contributed by atoms with Crippen LogP contribution < -0.4 is 10.1 Å². The number of hydrogen-bond donors (Lipinski definition) is 1. The Kier molecular flexibility index (Phi) is 7.26. The van der Waals surface area contributed by atoms with Gasteiger partial charge in [0, 0.05) is 30.7 Å². The molecule has 1 saturated carbocycles. The fourth-order valence-corrected chi connectivity index (χ4v) is 3.87. The van der Waals surface area contributed by atoms with E-state index in [1.807, 2.05) is 46.7 Å². The van der Waals surface area contributed by atoms with Gasteiger partial charge in [0.05, 0.1) is 42.7 Å². The Labute approximate surface area is 207 Å². The van der Waals surface area contributed by atoms with Crippen molar-refractivity contribution in [3.8, 4) is 17.9 Å². The fourth-order valence-electron chi connectivity index (χ4n) is 3.87. The molecule has 9 nitrogen and oxygen atoms in total. The number of pyridine rings is 1. The third-order valence-electron chi connectivity index (χ3n) is 5.79. The van der Waals surface area contributed by atoms with Crippen LogP contribution in [-0.2, 0) is 17.9 Å². The Morgan fingerprint density at radius 2 is 2.00 bits per heavy atom. The number of carbonyl (C=O) groups excluding carboxylic acids is 1. The zero-order valence-corrected chi connectivity index (χ0v) is 19.9. The fraction of sp³-hybridized carbons (Fsp3) is 0.269. The third-order valence-corrected chi connectivity index (χ3v) is 5.79. The predicted octanol–water partition coefficient (Wildman–Crippen LogP) is 3.59. The normalized spacial score (nSPS) is 12.2. The van der Waals surface area contributed by atoms with Crippen molar-refractivity contribution >= 4 is 12.1 Å². The van der Waals surface area contributed by atoms with Gasteiger partial charge in [-0.1, -0.05) is 0 Å². The quantitative estimate of drug-likeness (QED) is 0.399. The molecule has 0 spiro atoms. The minimum Gasteiger partial charge on any atom is -0.494 e. The number of methoxy groups -OCH3 is 1. The first-order valence-corrected chi connectivity index (χ1v) is 11.3. The molecule has 1 fully saturated rings. The molecule has 4 aromatic rings. The number of nitrogens with one attached hydrogen (secondary N) is 1. The smallest absolute Gasteiger partial charge is 0.207 e. The summed E-state index contributed by atoms with van der Waals surface area (Å²) in [6.45, 7) is 2.61. The van der Waals surface area contributed by atoms with Crippen molar-refractivity contribution in [1.82, 2.24) is 24.5 Å². The molecule has 0 atom stereocenters. The molecule has 10 heteroatoms. The van der Waals surface area contributed by atoms with Crippen LogP contribution in [0.4, 0.5) is 4.39 Å². The highest BCUT2D eigenvalue weighted by molar-refractivity contribution is 5.57. The highest BCUT2D eigenvalue weighted by Crippen LogP contribution is 2.40. The first-order valence-electron chi connectivity index (χ1n) is 11.3. The van der Waals surface area contributed by atoms with Crippen LogP contribution in [0.15, 0.2) is 43.0 Å². The summed E-state index contributed by atoms with van der Waals surface area (Å²) in [5.41, 5.74) is 5.00. The molecule has 0 unspecified atom stereocenters. The second-order valence-corrected chi connectivity index (χ2v) is 8.47. The number of fused-ring (bicyclic) bond motifs is 1.